The lowest BCUT2D eigenvalue weighted by atomic mass is 9.77. The topological polar surface area (TPSA) is 89.9 Å². The number of ether oxygens (including phenoxy) is 2. The van der Waals surface area contributed by atoms with Crippen molar-refractivity contribution in [3.05, 3.63) is 62.7 Å². The standard InChI is InChI=1S/C24H25F2N3O4S/c1-12-15(8-9-16(25)18(12)26)20-17(24(31)33-3)19(28-21(29-20)22-27-10-11-34-22)13-4-6-14(7-5-13)23(30)32-2/h8-11,13-14,20H,4-7H2,1-3H3,(H,28,29)/t13-,14-,20?. The molecule has 0 bridgehead atoms. The van der Waals surface area contributed by atoms with Crippen molar-refractivity contribution in [1.82, 2.24) is 10.3 Å². The molecule has 1 aliphatic heterocycles. The third kappa shape index (κ3) is 4.46. The Morgan fingerprint density at radius 1 is 1.12 bits per heavy atom. The van der Waals surface area contributed by atoms with Gasteiger partial charge in [-0.05, 0) is 55.7 Å². The van der Waals surface area contributed by atoms with Gasteiger partial charge >= 0.3 is 11.9 Å². The van der Waals surface area contributed by atoms with Crippen LogP contribution in [0.25, 0.3) is 0 Å². The summed E-state index contributed by atoms with van der Waals surface area (Å²) < 4.78 is 38.4. The summed E-state index contributed by atoms with van der Waals surface area (Å²) in [5, 5.41) is 5.70. The van der Waals surface area contributed by atoms with E-state index in [1.54, 1.807) is 11.6 Å². The number of carbonyl (C=O) groups is 2. The van der Waals surface area contributed by atoms with Crippen molar-refractivity contribution in [2.75, 3.05) is 14.2 Å². The highest BCUT2D eigenvalue weighted by atomic mass is 32.1. The number of aromatic nitrogens is 1. The number of hydrogen-bond acceptors (Lipinski definition) is 8. The van der Waals surface area contributed by atoms with Crippen LogP contribution in [0, 0.1) is 30.4 Å². The summed E-state index contributed by atoms with van der Waals surface area (Å²) in [5.41, 5.74) is 1.31. The highest BCUT2D eigenvalue weighted by Gasteiger charge is 2.38. The average Bonchev–Trinajstić information content (AvgIpc) is 3.41. The van der Waals surface area contributed by atoms with E-state index in [1.165, 1.54) is 38.5 Å². The number of hydrogen-bond donors (Lipinski definition) is 1. The van der Waals surface area contributed by atoms with Gasteiger partial charge in [0.15, 0.2) is 22.5 Å². The number of nitrogens with one attached hydrogen (secondary N) is 1. The SMILES string of the molecule is COC(=O)C1=C([C@H]2CC[C@H](C(=O)OC)CC2)NC(c2nccs2)=NC1c1ccc(F)c(F)c1C. The number of allylic oxidation sites excluding steroid dienone is 1. The summed E-state index contributed by atoms with van der Waals surface area (Å²) in [4.78, 5) is 34.1. The van der Waals surface area contributed by atoms with Gasteiger partial charge in [-0.25, -0.2) is 18.6 Å². The fourth-order valence-electron chi connectivity index (χ4n) is 4.64. The first kappa shape index (κ1) is 24.0. The first-order valence-corrected chi connectivity index (χ1v) is 11.8. The van der Waals surface area contributed by atoms with Crippen LogP contribution >= 0.6 is 11.3 Å². The Morgan fingerprint density at radius 2 is 1.85 bits per heavy atom. The van der Waals surface area contributed by atoms with E-state index in [0.717, 1.165) is 6.07 Å². The van der Waals surface area contributed by atoms with E-state index < -0.39 is 23.6 Å². The molecule has 10 heteroatoms. The largest absolute Gasteiger partial charge is 0.469 e. The van der Waals surface area contributed by atoms with Crippen LogP contribution in [-0.4, -0.2) is 37.0 Å². The van der Waals surface area contributed by atoms with Crippen LogP contribution in [0.15, 0.2) is 40.0 Å². The Kier molecular flexibility index (Phi) is 7.06. The van der Waals surface area contributed by atoms with E-state index in [2.05, 4.69) is 10.3 Å². The van der Waals surface area contributed by atoms with E-state index in [4.69, 9.17) is 14.5 Å². The number of thiazole rings is 1. The second-order valence-corrected chi connectivity index (χ2v) is 9.20. The molecule has 0 saturated heterocycles. The monoisotopic (exact) mass is 489 g/mol. The Morgan fingerprint density at radius 3 is 2.47 bits per heavy atom. The van der Waals surface area contributed by atoms with Crippen molar-refractivity contribution in [3.8, 4) is 0 Å². The zero-order valence-electron chi connectivity index (χ0n) is 19.1. The van der Waals surface area contributed by atoms with E-state index in [0.29, 0.717) is 47.8 Å². The van der Waals surface area contributed by atoms with Gasteiger partial charge in [-0.1, -0.05) is 6.07 Å². The number of rotatable bonds is 5. The minimum atomic E-state index is -0.980. The quantitative estimate of drug-likeness (QED) is 0.633. The Bertz CT molecular complexity index is 1160. The molecule has 180 valence electrons. The zero-order valence-corrected chi connectivity index (χ0v) is 19.9. The second kappa shape index (κ2) is 10.0. The van der Waals surface area contributed by atoms with Crippen molar-refractivity contribution in [2.24, 2.45) is 16.8 Å². The normalized spacial score (nSPS) is 22.6. The summed E-state index contributed by atoms with van der Waals surface area (Å²) in [5.74, 6) is -2.62. The lowest BCUT2D eigenvalue weighted by Crippen LogP contribution is -2.38. The van der Waals surface area contributed by atoms with E-state index in [1.807, 2.05) is 0 Å². The maximum Gasteiger partial charge on any atom is 0.338 e. The highest BCUT2D eigenvalue weighted by Crippen LogP contribution is 2.41. The summed E-state index contributed by atoms with van der Waals surface area (Å²) >= 11 is 1.37. The molecule has 1 aliphatic carbocycles. The Hall–Kier alpha value is -3.14. The van der Waals surface area contributed by atoms with Crippen molar-refractivity contribution in [3.63, 3.8) is 0 Å². The van der Waals surface area contributed by atoms with E-state index >= 15 is 0 Å². The molecule has 4 rings (SSSR count). The third-order valence-electron chi connectivity index (χ3n) is 6.46. The number of methoxy groups -OCH3 is 2. The molecule has 1 saturated carbocycles. The molecule has 2 aliphatic rings. The molecule has 0 amide bonds. The molecule has 7 nitrogen and oxygen atoms in total. The van der Waals surface area contributed by atoms with Gasteiger partial charge in [0, 0.05) is 17.3 Å². The van der Waals surface area contributed by atoms with Gasteiger partial charge in [-0.15, -0.1) is 11.3 Å². The van der Waals surface area contributed by atoms with Crippen LogP contribution in [-0.2, 0) is 19.1 Å². The van der Waals surface area contributed by atoms with Crippen LogP contribution < -0.4 is 5.32 Å². The molecule has 0 radical (unpaired) electrons. The maximum absolute atomic E-state index is 14.5. The Labute approximate surface area is 199 Å². The van der Waals surface area contributed by atoms with Gasteiger partial charge in [-0.3, -0.25) is 9.79 Å². The first-order chi connectivity index (χ1) is 16.3. The average molecular weight is 490 g/mol. The number of amidine groups is 1. The molecule has 1 atom stereocenters. The number of carbonyl (C=O) groups excluding carboxylic acids is 2. The first-order valence-electron chi connectivity index (χ1n) is 10.9. The smallest absolute Gasteiger partial charge is 0.338 e. The van der Waals surface area contributed by atoms with Gasteiger partial charge in [-0.2, -0.15) is 0 Å². The van der Waals surface area contributed by atoms with E-state index in [-0.39, 0.29) is 28.9 Å². The number of esters is 2. The van der Waals surface area contributed by atoms with Crippen molar-refractivity contribution >= 4 is 29.1 Å². The molecule has 1 aromatic heterocycles. The lowest BCUT2D eigenvalue weighted by molar-refractivity contribution is -0.146. The van der Waals surface area contributed by atoms with Crippen LogP contribution in [0.5, 0.6) is 0 Å². The molecule has 1 fully saturated rings. The van der Waals surface area contributed by atoms with Crippen molar-refractivity contribution in [2.45, 2.75) is 38.6 Å². The van der Waals surface area contributed by atoms with Gasteiger partial charge in [0.05, 0.1) is 25.7 Å². The molecule has 2 heterocycles. The summed E-state index contributed by atoms with van der Waals surface area (Å²) in [6, 6.07) is 1.58. The molecule has 0 spiro atoms. The van der Waals surface area contributed by atoms with Crippen LogP contribution in [0.1, 0.15) is 47.9 Å². The van der Waals surface area contributed by atoms with Crippen molar-refractivity contribution in [1.29, 1.82) is 0 Å². The van der Waals surface area contributed by atoms with Gasteiger partial charge < -0.3 is 14.8 Å². The predicted molar refractivity (Wildman–Crippen MR) is 122 cm³/mol. The Balaban J connectivity index is 1.82. The van der Waals surface area contributed by atoms with Gasteiger partial charge in [0.2, 0.25) is 0 Å². The lowest BCUT2D eigenvalue weighted by Gasteiger charge is -2.34. The minimum Gasteiger partial charge on any atom is -0.469 e. The minimum absolute atomic E-state index is 0.0734. The van der Waals surface area contributed by atoms with Crippen LogP contribution in [0.2, 0.25) is 0 Å². The molecular formula is C24H25F2N3O4S. The zero-order chi connectivity index (χ0) is 24.4. The molecular weight excluding hydrogens is 464 g/mol. The number of halogens is 2. The fraction of sp³-hybridized carbons (Fsp3) is 0.417. The maximum atomic E-state index is 14.5. The van der Waals surface area contributed by atoms with Gasteiger partial charge in [0.1, 0.15) is 6.04 Å². The third-order valence-corrected chi connectivity index (χ3v) is 7.24. The fourth-order valence-corrected chi connectivity index (χ4v) is 5.23. The number of benzene rings is 1. The highest BCUT2D eigenvalue weighted by molar-refractivity contribution is 7.11. The molecule has 1 N–H and O–H groups in total. The van der Waals surface area contributed by atoms with Crippen LogP contribution in [0.3, 0.4) is 0 Å². The molecule has 1 unspecified atom stereocenters. The molecule has 1 aromatic carbocycles. The van der Waals surface area contributed by atoms with E-state index in [9.17, 15) is 18.4 Å². The number of nitrogens with zero attached hydrogens (tertiary/aromatic N) is 2. The summed E-state index contributed by atoms with van der Waals surface area (Å²) in [6.45, 7) is 1.46. The number of aliphatic imine (C=N–C) groups is 1. The summed E-state index contributed by atoms with van der Waals surface area (Å²) in [7, 11) is 2.65. The molecule has 34 heavy (non-hydrogen) atoms. The molecule has 2 aromatic rings. The summed E-state index contributed by atoms with van der Waals surface area (Å²) in [6.07, 6.45) is 4.13. The van der Waals surface area contributed by atoms with Gasteiger partial charge in [0.25, 0.3) is 0 Å². The predicted octanol–water partition coefficient (Wildman–Crippen LogP) is 4.23. The van der Waals surface area contributed by atoms with Crippen LogP contribution in [0.4, 0.5) is 8.78 Å². The van der Waals surface area contributed by atoms with Crippen molar-refractivity contribution < 1.29 is 27.8 Å². The second-order valence-electron chi connectivity index (χ2n) is 8.31.